The van der Waals surface area contributed by atoms with E-state index in [1.807, 2.05) is 11.8 Å². The maximum atomic E-state index is 12.1. The molecule has 6 nitrogen and oxygen atoms in total. The van der Waals surface area contributed by atoms with E-state index in [0.717, 1.165) is 52.2 Å². The van der Waals surface area contributed by atoms with Gasteiger partial charge < -0.3 is 20.1 Å². The zero-order valence-corrected chi connectivity index (χ0v) is 12.4. The second-order valence-electron chi connectivity index (χ2n) is 6.02. The van der Waals surface area contributed by atoms with Gasteiger partial charge in [0.05, 0.1) is 18.8 Å². The Morgan fingerprint density at radius 1 is 1.25 bits per heavy atom. The third-order valence-electron chi connectivity index (χ3n) is 4.16. The summed E-state index contributed by atoms with van der Waals surface area (Å²) in [5.41, 5.74) is -0.622. The summed E-state index contributed by atoms with van der Waals surface area (Å²) in [6, 6.07) is -0.00374. The summed E-state index contributed by atoms with van der Waals surface area (Å²) >= 11 is 0. The molecule has 116 valence electrons. The van der Waals surface area contributed by atoms with Crippen LogP contribution in [0, 0.1) is 0 Å². The van der Waals surface area contributed by atoms with Crippen LogP contribution >= 0.6 is 0 Å². The highest BCUT2D eigenvalue weighted by Crippen LogP contribution is 2.21. The lowest BCUT2D eigenvalue weighted by Gasteiger charge is -2.27. The lowest BCUT2D eigenvalue weighted by Crippen LogP contribution is -2.45. The quantitative estimate of drug-likeness (QED) is 0.781. The van der Waals surface area contributed by atoms with Crippen molar-refractivity contribution < 1.29 is 14.6 Å². The summed E-state index contributed by atoms with van der Waals surface area (Å²) in [5.74, 6) is 0. The summed E-state index contributed by atoms with van der Waals surface area (Å²) in [7, 11) is 0. The average Bonchev–Trinajstić information content (AvgIpc) is 2.61. The number of morpholine rings is 1. The first-order chi connectivity index (χ1) is 9.57. The highest BCUT2D eigenvalue weighted by molar-refractivity contribution is 5.74. The van der Waals surface area contributed by atoms with Crippen LogP contribution in [0.4, 0.5) is 4.79 Å². The Kier molecular flexibility index (Phi) is 5.63. The monoisotopic (exact) mass is 285 g/mol. The second-order valence-corrected chi connectivity index (χ2v) is 6.02. The van der Waals surface area contributed by atoms with E-state index in [-0.39, 0.29) is 6.03 Å². The molecule has 0 saturated carbocycles. The van der Waals surface area contributed by atoms with E-state index in [4.69, 9.17) is 4.74 Å². The predicted octanol–water partition coefficient (Wildman–Crippen LogP) is 0.265. The first-order valence-corrected chi connectivity index (χ1v) is 7.62. The van der Waals surface area contributed by atoms with Gasteiger partial charge in [0.25, 0.3) is 0 Å². The van der Waals surface area contributed by atoms with Crippen molar-refractivity contribution in [2.24, 2.45) is 0 Å². The molecule has 2 aliphatic rings. The van der Waals surface area contributed by atoms with Crippen LogP contribution in [0.25, 0.3) is 0 Å². The Balaban J connectivity index is 1.66. The van der Waals surface area contributed by atoms with Crippen molar-refractivity contribution in [3.8, 4) is 0 Å². The lowest BCUT2D eigenvalue weighted by atomic mass is 9.98. The van der Waals surface area contributed by atoms with Crippen LogP contribution < -0.4 is 5.32 Å². The average molecular weight is 285 g/mol. The summed E-state index contributed by atoms with van der Waals surface area (Å²) in [6.07, 6.45) is 2.29. The number of carbonyl (C=O) groups is 1. The molecule has 2 aliphatic heterocycles. The fourth-order valence-electron chi connectivity index (χ4n) is 2.72. The van der Waals surface area contributed by atoms with Gasteiger partial charge in [-0.25, -0.2) is 4.79 Å². The molecule has 0 aromatic carbocycles. The molecule has 2 amide bonds. The zero-order valence-electron chi connectivity index (χ0n) is 12.4. The number of hydrogen-bond donors (Lipinski definition) is 2. The first kappa shape index (κ1) is 15.5. The van der Waals surface area contributed by atoms with Gasteiger partial charge in [0, 0.05) is 39.3 Å². The standard InChI is InChI=1S/C14H27N3O3/c1-14(19)3-2-6-17(7-4-14)13(18)15-5-8-16-9-11-20-12-10-16/h19H,2-12H2,1H3,(H,15,18). The second kappa shape index (κ2) is 7.24. The number of nitrogens with zero attached hydrogens (tertiary/aromatic N) is 2. The normalized spacial score (nSPS) is 29.0. The number of aliphatic hydroxyl groups is 1. The van der Waals surface area contributed by atoms with Gasteiger partial charge in [0.2, 0.25) is 0 Å². The summed E-state index contributed by atoms with van der Waals surface area (Å²) in [6.45, 7) is 8.24. The Bertz CT molecular complexity index is 317. The van der Waals surface area contributed by atoms with Crippen molar-refractivity contribution in [1.82, 2.24) is 15.1 Å². The molecule has 0 bridgehead atoms. The fraction of sp³-hybridized carbons (Fsp3) is 0.929. The molecular formula is C14H27N3O3. The molecule has 1 atom stereocenters. The molecule has 0 spiro atoms. The van der Waals surface area contributed by atoms with E-state index in [0.29, 0.717) is 19.5 Å². The van der Waals surface area contributed by atoms with Crippen LogP contribution in [0.5, 0.6) is 0 Å². The maximum Gasteiger partial charge on any atom is 0.317 e. The summed E-state index contributed by atoms with van der Waals surface area (Å²) in [4.78, 5) is 16.2. The van der Waals surface area contributed by atoms with Crippen LogP contribution in [0.3, 0.4) is 0 Å². The van der Waals surface area contributed by atoms with Gasteiger partial charge in [-0.3, -0.25) is 4.90 Å². The SMILES string of the molecule is CC1(O)CCCN(C(=O)NCCN2CCOCC2)CC1. The maximum absolute atomic E-state index is 12.1. The van der Waals surface area contributed by atoms with Gasteiger partial charge in [-0.2, -0.15) is 0 Å². The molecule has 20 heavy (non-hydrogen) atoms. The number of hydrogen-bond acceptors (Lipinski definition) is 4. The largest absolute Gasteiger partial charge is 0.390 e. The molecule has 6 heteroatoms. The van der Waals surface area contributed by atoms with E-state index in [1.165, 1.54) is 0 Å². The highest BCUT2D eigenvalue weighted by Gasteiger charge is 2.26. The molecule has 2 saturated heterocycles. The van der Waals surface area contributed by atoms with Gasteiger partial charge >= 0.3 is 6.03 Å². The van der Waals surface area contributed by atoms with E-state index >= 15 is 0 Å². The van der Waals surface area contributed by atoms with Crippen molar-refractivity contribution in [3.05, 3.63) is 0 Å². The number of likely N-dealkylation sites (tertiary alicyclic amines) is 1. The van der Waals surface area contributed by atoms with Gasteiger partial charge in [-0.05, 0) is 26.2 Å². The van der Waals surface area contributed by atoms with E-state index in [1.54, 1.807) is 0 Å². The van der Waals surface area contributed by atoms with Crippen molar-refractivity contribution in [2.75, 3.05) is 52.5 Å². The highest BCUT2D eigenvalue weighted by atomic mass is 16.5. The number of ether oxygens (including phenoxy) is 1. The first-order valence-electron chi connectivity index (χ1n) is 7.62. The molecule has 0 aromatic heterocycles. The Morgan fingerprint density at radius 3 is 2.75 bits per heavy atom. The van der Waals surface area contributed by atoms with Gasteiger partial charge in [0.15, 0.2) is 0 Å². The molecule has 0 aromatic rings. The molecule has 2 rings (SSSR count). The van der Waals surface area contributed by atoms with E-state index in [9.17, 15) is 9.90 Å². The van der Waals surface area contributed by atoms with Crippen LogP contribution in [-0.2, 0) is 4.74 Å². The van der Waals surface area contributed by atoms with Crippen LogP contribution in [0.15, 0.2) is 0 Å². The van der Waals surface area contributed by atoms with Crippen LogP contribution in [0.1, 0.15) is 26.2 Å². The molecule has 1 unspecified atom stereocenters. The molecule has 2 heterocycles. The molecule has 0 radical (unpaired) electrons. The van der Waals surface area contributed by atoms with Gasteiger partial charge in [-0.1, -0.05) is 0 Å². The Hall–Kier alpha value is -0.850. The number of carbonyl (C=O) groups excluding carboxylic acids is 1. The number of urea groups is 1. The van der Waals surface area contributed by atoms with Gasteiger partial charge in [0.1, 0.15) is 0 Å². The molecule has 0 aliphatic carbocycles. The Morgan fingerprint density at radius 2 is 2.00 bits per heavy atom. The molecular weight excluding hydrogens is 258 g/mol. The third-order valence-corrected chi connectivity index (χ3v) is 4.16. The minimum absolute atomic E-state index is 0.00374. The minimum atomic E-state index is -0.622. The van der Waals surface area contributed by atoms with Crippen LogP contribution in [0.2, 0.25) is 0 Å². The number of nitrogens with one attached hydrogen (secondary N) is 1. The third kappa shape index (κ3) is 4.92. The minimum Gasteiger partial charge on any atom is -0.390 e. The van der Waals surface area contributed by atoms with E-state index in [2.05, 4.69) is 10.2 Å². The Labute approximate surface area is 121 Å². The molecule has 2 N–H and O–H groups in total. The van der Waals surface area contributed by atoms with Crippen molar-refractivity contribution in [1.29, 1.82) is 0 Å². The predicted molar refractivity (Wildman–Crippen MR) is 76.7 cm³/mol. The number of amides is 2. The van der Waals surface area contributed by atoms with Crippen molar-refractivity contribution >= 4 is 6.03 Å². The summed E-state index contributed by atoms with van der Waals surface area (Å²) in [5, 5.41) is 13.0. The zero-order chi connectivity index (χ0) is 14.4. The van der Waals surface area contributed by atoms with Gasteiger partial charge in [-0.15, -0.1) is 0 Å². The fourth-order valence-corrected chi connectivity index (χ4v) is 2.72. The molecule has 2 fully saturated rings. The van der Waals surface area contributed by atoms with Crippen molar-refractivity contribution in [2.45, 2.75) is 31.8 Å². The van der Waals surface area contributed by atoms with E-state index < -0.39 is 5.60 Å². The summed E-state index contributed by atoms with van der Waals surface area (Å²) < 4.78 is 5.29. The topological polar surface area (TPSA) is 65.0 Å². The number of rotatable bonds is 3. The smallest absolute Gasteiger partial charge is 0.317 e. The van der Waals surface area contributed by atoms with Crippen LogP contribution in [-0.4, -0.2) is 79.0 Å². The van der Waals surface area contributed by atoms with Crippen molar-refractivity contribution in [3.63, 3.8) is 0 Å². The lowest BCUT2D eigenvalue weighted by molar-refractivity contribution is 0.0385.